The fourth-order valence-corrected chi connectivity index (χ4v) is 2.75. The number of anilines is 1. The van der Waals surface area contributed by atoms with E-state index in [1.807, 2.05) is 28.8 Å². The number of aromatic nitrogens is 3. The number of rotatable bonds is 8. The van der Waals surface area contributed by atoms with Gasteiger partial charge in [-0.1, -0.05) is 27.7 Å². The Labute approximate surface area is 141 Å². The lowest BCUT2D eigenvalue weighted by molar-refractivity contribution is -0.113. The van der Waals surface area contributed by atoms with Crippen molar-refractivity contribution < 1.29 is 9.53 Å². The Morgan fingerprint density at radius 3 is 2.91 bits per heavy atom. The summed E-state index contributed by atoms with van der Waals surface area (Å²) in [5.41, 5.74) is 0.773. The first-order valence-electron chi connectivity index (χ1n) is 6.74. The highest BCUT2D eigenvalue weighted by Gasteiger charge is 2.09. The normalized spacial score (nSPS) is 10.6. The van der Waals surface area contributed by atoms with Gasteiger partial charge in [0.25, 0.3) is 0 Å². The number of nitrogens with one attached hydrogen (secondary N) is 1. The molecule has 0 unspecified atom stereocenters. The molecule has 0 aliphatic rings. The van der Waals surface area contributed by atoms with E-state index in [9.17, 15) is 4.79 Å². The minimum absolute atomic E-state index is 0.0706. The molecule has 118 valence electrons. The molecule has 2 rings (SSSR count). The third-order valence-electron chi connectivity index (χ3n) is 2.79. The van der Waals surface area contributed by atoms with Gasteiger partial charge in [0.2, 0.25) is 5.91 Å². The highest BCUT2D eigenvalue weighted by molar-refractivity contribution is 9.10. The molecule has 0 fully saturated rings. The molecule has 1 aromatic carbocycles. The summed E-state index contributed by atoms with van der Waals surface area (Å²) in [5.74, 6) is 0.220. The molecule has 8 heteroatoms. The number of carbonyl (C=O) groups excluding carboxylic acids is 1. The summed E-state index contributed by atoms with van der Waals surface area (Å²) in [7, 11) is 1.67. The maximum absolute atomic E-state index is 11.9. The van der Waals surface area contributed by atoms with Crippen LogP contribution in [0.5, 0.6) is 0 Å². The largest absolute Gasteiger partial charge is 0.385 e. The Hall–Kier alpha value is -1.38. The predicted molar refractivity (Wildman–Crippen MR) is 90.0 cm³/mol. The van der Waals surface area contributed by atoms with Crippen LogP contribution in [0.15, 0.2) is 40.2 Å². The van der Waals surface area contributed by atoms with E-state index in [1.54, 1.807) is 13.4 Å². The second-order valence-electron chi connectivity index (χ2n) is 4.50. The number of thioether (sulfide) groups is 1. The van der Waals surface area contributed by atoms with E-state index < -0.39 is 0 Å². The van der Waals surface area contributed by atoms with Gasteiger partial charge >= 0.3 is 0 Å². The zero-order valence-corrected chi connectivity index (χ0v) is 14.6. The summed E-state index contributed by atoms with van der Waals surface area (Å²) < 4.78 is 7.93. The van der Waals surface area contributed by atoms with E-state index in [1.165, 1.54) is 11.8 Å². The maximum atomic E-state index is 11.9. The van der Waals surface area contributed by atoms with Crippen LogP contribution >= 0.6 is 27.7 Å². The summed E-state index contributed by atoms with van der Waals surface area (Å²) in [6.45, 7) is 1.46. The first-order chi connectivity index (χ1) is 10.7. The van der Waals surface area contributed by atoms with Crippen LogP contribution in [-0.2, 0) is 16.1 Å². The average Bonchev–Trinajstić information content (AvgIpc) is 2.95. The molecular weight excluding hydrogens is 368 g/mol. The fraction of sp³-hybridized carbons (Fsp3) is 0.357. The third kappa shape index (κ3) is 5.43. The molecule has 1 N–H and O–H groups in total. The fourth-order valence-electron chi connectivity index (χ4n) is 1.75. The van der Waals surface area contributed by atoms with Crippen molar-refractivity contribution in [3.63, 3.8) is 0 Å². The number of ether oxygens (including phenoxy) is 1. The lowest BCUT2D eigenvalue weighted by Crippen LogP contribution is -2.14. The number of nitrogens with zero attached hydrogens (tertiary/aromatic N) is 3. The molecule has 0 saturated heterocycles. The van der Waals surface area contributed by atoms with Gasteiger partial charge in [-0.05, 0) is 30.7 Å². The van der Waals surface area contributed by atoms with Crippen LogP contribution in [0.1, 0.15) is 6.42 Å². The molecule has 1 heterocycles. The number of aryl methyl sites for hydroxylation is 1. The van der Waals surface area contributed by atoms with Crippen LogP contribution in [0, 0.1) is 0 Å². The molecule has 1 aromatic heterocycles. The monoisotopic (exact) mass is 384 g/mol. The van der Waals surface area contributed by atoms with Gasteiger partial charge in [0.05, 0.1) is 5.75 Å². The summed E-state index contributed by atoms with van der Waals surface area (Å²) in [6.07, 6.45) is 2.55. The quantitative estimate of drug-likeness (QED) is 0.559. The number of methoxy groups -OCH3 is 1. The zero-order chi connectivity index (χ0) is 15.8. The number of amides is 1. The first-order valence-corrected chi connectivity index (χ1v) is 8.52. The minimum atomic E-state index is -0.0706. The van der Waals surface area contributed by atoms with Crippen molar-refractivity contribution in [2.45, 2.75) is 18.1 Å². The molecule has 0 radical (unpaired) electrons. The third-order valence-corrected chi connectivity index (χ3v) is 4.30. The Bertz CT molecular complexity index is 603. The van der Waals surface area contributed by atoms with Crippen LogP contribution in [0.2, 0.25) is 0 Å². The lowest BCUT2D eigenvalue weighted by Gasteiger charge is -2.07. The van der Waals surface area contributed by atoms with E-state index in [4.69, 9.17) is 4.74 Å². The molecule has 0 bridgehead atoms. The Morgan fingerprint density at radius 1 is 1.41 bits per heavy atom. The average molecular weight is 385 g/mol. The molecule has 0 atom stereocenters. The van der Waals surface area contributed by atoms with Crippen LogP contribution in [0.4, 0.5) is 5.69 Å². The summed E-state index contributed by atoms with van der Waals surface area (Å²) in [4.78, 5) is 11.9. The van der Waals surface area contributed by atoms with Gasteiger partial charge in [-0.2, -0.15) is 0 Å². The summed E-state index contributed by atoms with van der Waals surface area (Å²) in [6, 6.07) is 7.46. The van der Waals surface area contributed by atoms with E-state index in [2.05, 4.69) is 31.4 Å². The molecule has 0 aliphatic heterocycles. The number of benzene rings is 1. The first kappa shape index (κ1) is 17.0. The Morgan fingerprint density at radius 2 is 2.18 bits per heavy atom. The van der Waals surface area contributed by atoms with Crippen molar-refractivity contribution in [2.75, 3.05) is 24.8 Å². The SMILES string of the molecule is COCCCn1cnnc1SCC(=O)Nc1ccc(Br)cc1. The van der Waals surface area contributed by atoms with Gasteiger partial charge in [0, 0.05) is 30.4 Å². The second-order valence-corrected chi connectivity index (χ2v) is 6.36. The van der Waals surface area contributed by atoms with E-state index in [-0.39, 0.29) is 5.91 Å². The van der Waals surface area contributed by atoms with Crippen molar-refractivity contribution in [3.05, 3.63) is 35.1 Å². The summed E-state index contributed by atoms with van der Waals surface area (Å²) in [5, 5.41) is 11.5. The van der Waals surface area contributed by atoms with Crippen LogP contribution in [0.25, 0.3) is 0 Å². The summed E-state index contributed by atoms with van der Waals surface area (Å²) >= 11 is 4.73. The van der Waals surface area contributed by atoms with E-state index in [0.717, 1.165) is 28.3 Å². The van der Waals surface area contributed by atoms with Gasteiger partial charge in [-0.3, -0.25) is 4.79 Å². The van der Waals surface area contributed by atoms with Crippen molar-refractivity contribution in [1.29, 1.82) is 0 Å². The number of carbonyl (C=O) groups is 1. The van der Waals surface area contributed by atoms with Gasteiger partial charge in [-0.15, -0.1) is 10.2 Å². The van der Waals surface area contributed by atoms with Crippen molar-refractivity contribution in [2.24, 2.45) is 0 Å². The molecular formula is C14H17BrN4O2S. The zero-order valence-electron chi connectivity index (χ0n) is 12.2. The molecule has 0 aliphatic carbocycles. The van der Waals surface area contributed by atoms with E-state index >= 15 is 0 Å². The molecule has 0 saturated carbocycles. The highest BCUT2D eigenvalue weighted by Crippen LogP contribution is 2.17. The van der Waals surface area contributed by atoms with E-state index in [0.29, 0.717) is 12.4 Å². The Balaban J connectivity index is 1.81. The predicted octanol–water partition coefficient (Wildman–Crippen LogP) is 2.81. The molecule has 22 heavy (non-hydrogen) atoms. The molecule has 0 spiro atoms. The second kappa shape index (κ2) is 8.92. The van der Waals surface area contributed by atoms with Crippen molar-refractivity contribution >= 4 is 39.3 Å². The molecule has 1 amide bonds. The minimum Gasteiger partial charge on any atom is -0.385 e. The molecule has 6 nitrogen and oxygen atoms in total. The van der Waals surface area contributed by atoms with Crippen LogP contribution < -0.4 is 5.32 Å². The standard InChI is InChI=1S/C14H17BrN4O2S/c1-21-8-2-7-19-10-16-18-14(19)22-9-13(20)17-12-5-3-11(15)4-6-12/h3-6,10H,2,7-9H2,1H3,(H,17,20). The Kier molecular flexibility index (Phi) is 6.88. The molecule has 2 aromatic rings. The van der Waals surface area contributed by atoms with Gasteiger partial charge in [0.15, 0.2) is 5.16 Å². The van der Waals surface area contributed by atoms with Crippen molar-refractivity contribution in [3.8, 4) is 0 Å². The lowest BCUT2D eigenvalue weighted by atomic mass is 10.3. The van der Waals surface area contributed by atoms with Crippen LogP contribution in [0.3, 0.4) is 0 Å². The van der Waals surface area contributed by atoms with Gasteiger partial charge in [-0.25, -0.2) is 0 Å². The maximum Gasteiger partial charge on any atom is 0.234 e. The van der Waals surface area contributed by atoms with Crippen molar-refractivity contribution in [1.82, 2.24) is 14.8 Å². The highest BCUT2D eigenvalue weighted by atomic mass is 79.9. The topological polar surface area (TPSA) is 69.0 Å². The number of hydrogen-bond donors (Lipinski definition) is 1. The number of hydrogen-bond acceptors (Lipinski definition) is 5. The van der Waals surface area contributed by atoms with Crippen LogP contribution in [-0.4, -0.2) is 40.1 Å². The smallest absolute Gasteiger partial charge is 0.234 e. The number of halogens is 1. The van der Waals surface area contributed by atoms with Gasteiger partial charge < -0.3 is 14.6 Å². The van der Waals surface area contributed by atoms with Gasteiger partial charge in [0.1, 0.15) is 6.33 Å².